The van der Waals surface area contributed by atoms with Crippen molar-refractivity contribution in [3.05, 3.63) is 93.5 Å². The molecule has 5 fully saturated rings. The Bertz CT molecular complexity index is 2320. The Balaban J connectivity index is 0.735. The second-order valence-electron chi connectivity index (χ2n) is 16.7. The van der Waals surface area contributed by atoms with Gasteiger partial charge in [0.1, 0.15) is 24.0 Å². The fourth-order valence-electron chi connectivity index (χ4n) is 9.96. The minimum atomic E-state index is -0.978. The highest BCUT2D eigenvalue weighted by Crippen LogP contribution is 2.42. The number of carbonyl (C=O) groups is 5. The number of rotatable bonds is 7. The smallest absolute Gasteiger partial charge is 0.264 e. The summed E-state index contributed by atoms with van der Waals surface area (Å²) in [6, 6.07) is 19.2. The highest BCUT2D eigenvalue weighted by atomic mass is 35.5. The molecule has 0 aromatic heterocycles. The number of nitriles is 1. The van der Waals surface area contributed by atoms with Crippen LogP contribution in [0.15, 0.2) is 60.7 Å². The number of anilines is 1. The molecule has 4 atom stereocenters. The van der Waals surface area contributed by atoms with Gasteiger partial charge in [0.15, 0.2) is 0 Å². The molecule has 0 radical (unpaired) electrons. The van der Waals surface area contributed by atoms with Gasteiger partial charge in [0.05, 0.1) is 33.4 Å². The minimum Gasteiger partial charge on any atom is -0.488 e. The Morgan fingerprint density at radius 1 is 0.881 bits per heavy atom. The fraction of sp³-hybridized carbons (Fsp3) is 0.435. The van der Waals surface area contributed by atoms with E-state index in [-0.39, 0.29) is 42.7 Å². The van der Waals surface area contributed by atoms with Gasteiger partial charge in [-0.3, -0.25) is 34.2 Å². The topological polar surface area (TPSA) is 143 Å². The van der Waals surface area contributed by atoms with Crippen molar-refractivity contribution >= 4 is 46.8 Å². The van der Waals surface area contributed by atoms with Gasteiger partial charge in [0.25, 0.3) is 17.7 Å². The maximum atomic E-state index is 13.6. The molecule has 1 aliphatic carbocycles. The van der Waals surface area contributed by atoms with E-state index in [0.29, 0.717) is 51.4 Å². The fourth-order valence-corrected chi connectivity index (χ4v) is 10.2. The second kappa shape index (κ2) is 16.2. The average molecular weight is 813 g/mol. The Morgan fingerprint density at radius 3 is 2.39 bits per heavy atom. The van der Waals surface area contributed by atoms with Gasteiger partial charge >= 0.3 is 0 Å². The van der Waals surface area contributed by atoms with E-state index >= 15 is 0 Å². The van der Waals surface area contributed by atoms with E-state index < -0.39 is 23.8 Å². The summed E-state index contributed by atoms with van der Waals surface area (Å²) < 4.78 is 6.33. The van der Waals surface area contributed by atoms with Gasteiger partial charge in [-0.25, -0.2) is 0 Å². The Kier molecular flexibility index (Phi) is 10.6. The summed E-state index contributed by atoms with van der Waals surface area (Å²) in [6.45, 7) is 5.22. The number of ether oxygens (including phenoxy) is 1. The van der Waals surface area contributed by atoms with E-state index in [1.54, 1.807) is 30.3 Å². The van der Waals surface area contributed by atoms with Crippen LogP contribution in [0.25, 0.3) is 0 Å². The van der Waals surface area contributed by atoms with Gasteiger partial charge in [-0.2, -0.15) is 5.26 Å². The predicted octanol–water partition coefficient (Wildman–Crippen LogP) is 5.27. The molecule has 4 saturated heterocycles. The first-order valence-corrected chi connectivity index (χ1v) is 21.1. The van der Waals surface area contributed by atoms with Gasteiger partial charge in [0.2, 0.25) is 11.8 Å². The summed E-state index contributed by atoms with van der Waals surface area (Å²) in [4.78, 5) is 72.5. The van der Waals surface area contributed by atoms with Crippen molar-refractivity contribution in [2.45, 2.75) is 69.6 Å². The summed E-state index contributed by atoms with van der Waals surface area (Å²) >= 11 is 6.23. The lowest BCUT2D eigenvalue weighted by molar-refractivity contribution is -0.136. The van der Waals surface area contributed by atoms with Crippen molar-refractivity contribution in [2.24, 2.45) is 17.8 Å². The molecule has 6 aliphatic rings. The van der Waals surface area contributed by atoms with Crippen molar-refractivity contribution in [1.29, 1.82) is 5.26 Å². The van der Waals surface area contributed by atoms with E-state index in [2.05, 4.69) is 33.0 Å². The number of hydrogen-bond donors (Lipinski definition) is 1. The number of benzene rings is 3. The van der Waals surface area contributed by atoms with Crippen LogP contribution in [0.1, 0.15) is 93.6 Å². The van der Waals surface area contributed by atoms with Gasteiger partial charge in [-0.15, -0.1) is 0 Å². The van der Waals surface area contributed by atoms with Gasteiger partial charge < -0.3 is 19.4 Å². The normalized spacial score (nSPS) is 24.8. The highest BCUT2D eigenvalue weighted by molar-refractivity contribution is 6.31. The molecule has 5 heterocycles. The lowest BCUT2D eigenvalue weighted by Crippen LogP contribution is -2.54. The van der Waals surface area contributed by atoms with Crippen LogP contribution in [0.3, 0.4) is 0 Å². The molecule has 2 bridgehead atoms. The van der Waals surface area contributed by atoms with E-state index in [1.807, 2.05) is 35.2 Å². The molecule has 302 valence electrons. The molecule has 59 heavy (non-hydrogen) atoms. The van der Waals surface area contributed by atoms with Crippen LogP contribution >= 0.6 is 11.6 Å². The molecule has 3 aromatic rings. The number of hydrogen-bond acceptors (Lipinski definition) is 9. The number of carbonyl (C=O) groups excluding carboxylic acids is 5. The maximum absolute atomic E-state index is 13.6. The van der Waals surface area contributed by atoms with Crippen LogP contribution in [0.5, 0.6) is 5.75 Å². The van der Waals surface area contributed by atoms with Crippen molar-refractivity contribution in [3.8, 4) is 23.7 Å². The van der Waals surface area contributed by atoms with Crippen molar-refractivity contribution in [2.75, 3.05) is 44.2 Å². The average Bonchev–Trinajstić information content (AvgIpc) is 3.88. The number of amides is 5. The molecule has 5 amide bonds. The molecule has 0 spiro atoms. The third-order valence-electron chi connectivity index (χ3n) is 13.2. The Labute approximate surface area is 348 Å². The number of nitrogens with zero attached hydrogens (tertiary/aromatic N) is 5. The number of fused-ring (bicyclic) bond motifs is 3. The number of likely N-dealkylation sites (tertiary alicyclic amines) is 2. The molecule has 1 N–H and O–H groups in total. The zero-order valence-corrected chi connectivity index (χ0v) is 33.5. The van der Waals surface area contributed by atoms with Gasteiger partial charge in [-0.1, -0.05) is 29.5 Å². The predicted molar refractivity (Wildman–Crippen MR) is 219 cm³/mol. The third kappa shape index (κ3) is 7.56. The number of halogens is 1. The summed E-state index contributed by atoms with van der Waals surface area (Å²) in [5.41, 5.74) is 3.36. The Hall–Kier alpha value is -5.69. The van der Waals surface area contributed by atoms with Crippen LogP contribution in [0.4, 0.5) is 5.69 Å². The summed E-state index contributed by atoms with van der Waals surface area (Å²) in [5, 5.41) is 11.8. The van der Waals surface area contributed by atoms with Crippen LogP contribution in [-0.2, 0) is 9.59 Å². The first-order chi connectivity index (χ1) is 28.6. The number of nitrogens with one attached hydrogen (secondary N) is 1. The molecule has 4 unspecified atom stereocenters. The number of piperidine rings is 4. The number of imide groups is 2. The van der Waals surface area contributed by atoms with Crippen molar-refractivity contribution in [1.82, 2.24) is 20.0 Å². The molecular weight excluding hydrogens is 768 g/mol. The lowest BCUT2D eigenvalue weighted by Gasteiger charge is -2.38. The van der Waals surface area contributed by atoms with Crippen molar-refractivity contribution in [3.63, 3.8) is 0 Å². The molecule has 3 aromatic carbocycles. The van der Waals surface area contributed by atoms with Gasteiger partial charge in [-0.05, 0) is 112 Å². The molecule has 5 aliphatic heterocycles. The van der Waals surface area contributed by atoms with E-state index in [9.17, 15) is 29.2 Å². The molecular formula is C46H45ClN6O6. The molecule has 12 nitrogen and oxygen atoms in total. The van der Waals surface area contributed by atoms with Crippen LogP contribution < -0.4 is 15.0 Å². The van der Waals surface area contributed by atoms with Crippen molar-refractivity contribution < 1.29 is 28.7 Å². The standard InChI is InChI=1S/C46H45ClN6O6/c47-36-24-34(12-10-32(36)25-48)59-42-33-11-13-38(42)52(27-33)44(56)31-8-6-28(7-9-31)4-5-29-16-20-50(21-17-29)26-30-18-22-51(23-19-30)37-3-1-2-35-41(37)46(58)53(45(35)57)39-14-15-40(54)49-43(39)55/h1-3,6-10,12,24,29-30,33,38-39,42H,11,13-23,26-27H2,(H,49,54,55). The van der Waals surface area contributed by atoms with Crippen LogP contribution in [0.2, 0.25) is 5.02 Å². The van der Waals surface area contributed by atoms with E-state index in [0.717, 1.165) is 87.4 Å². The largest absolute Gasteiger partial charge is 0.488 e. The summed E-state index contributed by atoms with van der Waals surface area (Å²) in [7, 11) is 0. The summed E-state index contributed by atoms with van der Waals surface area (Å²) in [6.07, 6.45) is 6.00. The van der Waals surface area contributed by atoms with E-state index in [1.165, 1.54) is 0 Å². The van der Waals surface area contributed by atoms with Crippen LogP contribution in [-0.4, -0.2) is 102 Å². The lowest BCUT2D eigenvalue weighted by atomic mass is 9.92. The maximum Gasteiger partial charge on any atom is 0.264 e. The zero-order valence-electron chi connectivity index (χ0n) is 32.7. The zero-order chi connectivity index (χ0) is 40.8. The van der Waals surface area contributed by atoms with Gasteiger partial charge in [0, 0.05) is 61.6 Å². The quantitative estimate of drug-likeness (QED) is 0.249. The molecule has 13 heteroatoms. The van der Waals surface area contributed by atoms with Crippen LogP contribution in [0, 0.1) is 40.9 Å². The third-order valence-corrected chi connectivity index (χ3v) is 13.5. The first kappa shape index (κ1) is 38.8. The minimum absolute atomic E-state index is 0.00292. The second-order valence-corrected chi connectivity index (χ2v) is 17.1. The summed E-state index contributed by atoms with van der Waals surface area (Å²) in [5.74, 6) is 6.65. The SMILES string of the molecule is N#Cc1ccc(OC2C3CCC2N(C(=O)c2ccc(C#CC4CCN(CC5CCN(c6cccc7c6C(=O)N(C6CCC(=O)NC6=O)C7=O)CC5)CC4)cc2)C3)cc1Cl. The monoisotopic (exact) mass is 812 g/mol. The molecule has 9 rings (SSSR count). The Morgan fingerprint density at radius 2 is 1.66 bits per heavy atom. The molecule has 1 saturated carbocycles. The van der Waals surface area contributed by atoms with E-state index in [4.69, 9.17) is 16.3 Å². The first-order valence-electron chi connectivity index (χ1n) is 20.8. The highest BCUT2D eigenvalue weighted by Gasteiger charge is 2.50.